The van der Waals surface area contributed by atoms with E-state index in [1.165, 1.54) is 4.90 Å². The first-order valence-corrected chi connectivity index (χ1v) is 10.7. The zero-order valence-electron chi connectivity index (χ0n) is 18.4. The first kappa shape index (κ1) is 22.8. The van der Waals surface area contributed by atoms with Gasteiger partial charge in [0.2, 0.25) is 0 Å². The average molecular weight is 427 g/mol. The van der Waals surface area contributed by atoms with Gasteiger partial charge >= 0.3 is 6.09 Å². The number of benzene rings is 2. The largest absolute Gasteiger partial charge is 0.444 e. The normalized spacial score (nSPS) is 15.7. The van der Waals surface area contributed by atoms with Gasteiger partial charge in [-0.05, 0) is 44.5 Å². The maximum Gasteiger partial charge on any atom is 0.412 e. The number of anilines is 1. The minimum atomic E-state index is -0.593. The average Bonchev–Trinajstić information content (AvgIpc) is 2.73. The Morgan fingerprint density at radius 3 is 2.45 bits per heavy atom. The summed E-state index contributed by atoms with van der Waals surface area (Å²) in [5.74, 6) is -0.186. The fourth-order valence-electron chi connectivity index (χ4n) is 3.49. The van der Waals surface area contributed by atoms with Crippen LogP contribution in [-0.4, -0.2) is 50.4 Å². The second-order valence-corrected chi connectivity index (χ2v) is 8.71. The molecule has 1 heterocycles. The lowest BCUT2D eigenvalue weighted by molar-refractivity contribution is -0.909. The molecule has 0 spiro atoms. The van der Waals surface area contributed by atoms with E-state index in [0.717, 1.165) is 38.4 Å². The predicted molar refractivity (Wildman–Crippen MR) is 119 cm³/mol. The highest BCUT2D eigenvalue weighted by atomic mass is 16.6. The predicted octanol–water partition coefficient (Wildman–Crippen LogP) is 2.42. The fraction of sp³-hybridized carbons (Fsp3) is 0.417. The van der Waals surface area contributed by atoms with Gasteiger partial charge in [-0.25, -0.2) is 4.79 Å². The van der Waals surface area contributed by atoms with E-state index in [0.29, 0.717) is 11.3 Å². The van der Waals surface area contributed by atoms with Gasteiger partial charge in [0.15, 0.2) is 0 Å². The number of nitrogens with one attached hydrogen (secondary N) is 3. The first-order chi connectivity index (χ1) is 14.8. The van der Waals surface area contributed by atoms with Gasteiger partial charge in [-0.1, -0.05) is 36.4 Å². The number of carbonyl (C=O) groups is 2. The summed E-state index contributed by atoms with van der Waals surface area (Å²) in [7, 11) is 0. The lowest BCUT2D eigenvalue weighted by Gasteiger charge is -2.28. The minimum Gasteiger partial charge on any atom is -0.444 e. The van der Waals surface area contributed by atoms with E-state index >= 15 is 0 Å². The van der Waals surface area contributed by atoms with E-state index in [2.05, 4.69) is 10.6 Å². The summed E-state index contributed by atoms with van der Waals surface area (Å²) in [5, 5.41) is 5.86. The quantitative estimate of drug-likeness (QED) is 0.663. The molecular formula is C24H32N3O4+. The summed E-state index contributed by atoms with van der Waals surface area (Å²) >= 11 is 0. The molecule has 2 amide bonds. The van der Waals surface area contributed by atoms with Crippen LogP contribution in [0.15, 0.2) is 54.6 Å². The van der Waals surface area contributed by atoms with Gasteiger partial charge in [0.1, 0.15) is 31.3 Å². The fourth-order valence-corrected chi connectivity index (χ4v) is 3.49. The summed E-state index contributed by atoms with van der Waals surface area (Å²) in [6.07, 6.45) is -0.553. The second-order valence-electron chi connectivity index (χ2n) is 8.71. The molecule has 1 atom stereocenters. The van der Waals surface area contributed by atoms with Crippen molar-refractivity contribution in [3.8, 4) is 0 Å². The van der Waals surface area contributed by atoms with Crippen LogP contribution in [0.25, 0.3) is 0 Å². The maximum absolute atomic E-state index is 13.0. The highest BCUT2D eigenvalue weighted by Crippen LogP contribution is 2.16. The highest BCUT2D eigenvalue weighted by Gasteiger charge is 2.23. The van der Waals surface area contributed by atoms with E-state index in [1.54, 1.807) is 45.0 Å². The number of hydrogen-bond acceptors (Lipinski definition) is 4. The van der Waals surface area contributed by atoms with Crippen molar-refractivity contribution in [2.24, 2.45) is 0 Å². The number of ether oxygens (including phenoxy) is 2. The molecule has 1 aliphatic heterocycles. The maximum atomic E-state index is 13.0. The third kappa shape index (κ3) is 7.38. The van der Waals surface area contributed by atoms with E-state index in [4.69, 9.17) is 9.47 Å². The van der Waals surface area contributed by atoms with Gasteiger partial charge < -0.3 is 19.7 Å². The standard InChI is InChI=1S/C24H31N3O4/c1-24(2,3)31-23(29)25-20-11-7-10-19(16-20)22(28)26-21(18-8-5-4-6-9-18)17-27-12-14-30-15-13-27/h4-11,16,21H,12-15,17H2,1-3H3,(H,25,29)(H,26,28)/p+1/t21-/m1/s1. The van der Waals surface area contributed by atoms with E-state index in [9.17, 15) is 9.59 Å². The minimum absolute atomic E-state index is 0.121. The molecule has 0 saturated carbocycles. The summed E-state index contributed by atoms with van der Waals surface area (Å²) in [5.41, 5.74) is 1.46. The lowest BCUT2D eigenvalue weighted by atomic mass is 10.0. The summed E-state index contributed by atoms with van der Waals surface area (Å²) in [6.45, 7) is 9.52. The Balaban J connectivity index is 1.70. The molecule has 1 fully saturated rings. The monoisotopic (exact) mass is 426 g/mol. The molecule has 31 heavy (non-hydrogen) atoms. The summed E-state index contributed by atoms with van der Waals surface area (Å²) in [6, 6.07) is 16.7. The molecule has 3 N–H and O–H groups in total. The molecule has 7 heteroatoms. The van der Waals surface area contributed by atoms with Crippen molar-refractivity contribution in [1.82, 2.24) is 5.32 Å². The van der Waals surface area contributed by atoms with Crippen molar-refractivity contribution in [2.75, 3.05) is 38.2 Å². The van der Waals surface area contributed by atoms with Crippen LogP contribution < -0.4 is 15.5 Å². The van der Waals surface area contributed by atoms with Crippen molar-refractivity contribution >= 4 is 17.7 Å². The first-order valence-electron chi connectivity index (χ1n) is 10.7. The molecule has 0 radical (unpaired) electrons. The lowest BCUT2D eigenvalue weighted by Crippen LogP contribution is -3.14. The Kier molecular flexibility index (Phi) is 7.65. The summed E-state index contributed by atoms with van der Waals surface area (Å²) in [4.78, 5) is 26.5. The number of rotatable bonds is 6. The Labute approximate surface area is 183 Å². The van der Waals surface area contributed by atoms with Crippen molar-refractivity contribution in [2.45, 2.75) is 32.4 Å². The highest BCUT2D eigenvalue weighted by molar-refractivity contribution is 5.96. The Bertz CT molecular complexity index is 874. The number of morpholine rings is 1. The van der Waals surface area contributed by atoms with Gasteiger partial charge in [-0.15, -0.1) is 0 Å². The molecule has 166 valence electrons. The van der Waals surface area contributed by atoms with Gasteiger partial charge in [0.25, 0.3) is 5.91 Å². The SMILES string of the molecule is CC(C)(C)OC(=O)Nc1cccc(C(=O)N[C@H](C[NH+]2CCOCC2)c2ccccc2)c1. The zero-order chi connectivity index (χ0) is 22.3. The molecule has 1 aliphatic rings. The van der Waals surface area contributed by atoms with Crippen LogP contribution in [0.4, 0.5) is 10.5 Å². The topological polar surface area (TPSA) is 81.1 Å². The molecule has 7 nitrogen and oxygen atoms in total. The van der Waals surface area contributed by atoms with E-state index in [1.807, 2.05) is 30.3 Å². The van der Waals surface area contributed by atoms with E-state index < -0.39 is 11.7 Å². The number of amides is 2. The third-order valence-corrected chi connectivity index (χ3v) is 4.97. The zero-order valence-corrected chi connectivity index (χ0v) is 18.4. The van der Waals surface area contributed by atoms with Crippen LogP contribution >= 0.6 is 0 Å². The van der Waals surface area contributed by atoms with Crippen LogP contribution in [0.5, 0.6) is 0 Å². The van der Waals surface area contributed by atoms with Crippen LogP contribution in [0.1, 0.15) is 42.7 Å². The molecule has 0 unspecified atom stereocenters. The Morgan fingerprint density at radius 1 is 1.06 bits per heavy atom. The molecule has 0 bridgehead atoms. The molecule has 3 rings (SSSR count). The molecule has 0 aliphatic carbocycles. The Hall–Kier alpha value is -2.90. The van der Waals surface area contributed by atoms with Gasteiger partial charge in [0, 0.05) is 11.3 Å². The van der Waals surface area contributed by atoms with Gasteiger partial charge in [0.05, 0.1) is 13.2 Å². The van der Waals surface area contributed by atoms with Crippen molar-refractivity contribution in [3.63, 3.8) is 0 Å². The molecule has 0 aromatic heterocycles. The van der Waals surface area contributed by atoms with Crippen molar-refractivity contribution < 1.29 is 24.0 Å². The van der Waals surface area contributed by atoms with Crippen molar-refractivity contribution in [3.05, 3.63) is 65.7 Å². The summed E-state index contributed by atoms with van der Waals surface area (Å²) < 4.78 is 10.7. The van der Waals surface area contributed by atoms with Crippen LogP contribution in [-0.2, 0) is 9.47 Å². The van der Waals surface area contributed by atoms with Crippen LogP contribution in [0, 0.1) is 0 Å². The van der Waals surface area contributed by atoms with Crippen molar-refractivity contribution in [1.29, 1.82) is 0 Å². The molecule has 2 aromatic carbocycles. The number of hydrogen-bond donors (Lipinski definition) is 3. The molecular weight excluding hydrogens is 394 g/mol. The number of carbonyl (C=O) groups excluding carboxylic acids is 2. The van der Waals surface area contributed by atoms with Crippen LogP contribution in [0.2, 0.25) is 0 Å². The smallest absolute Gasteiger partial charge is 0.412 e. The second kappa shape index (κ2) is 10.4. The van der Waals surface area contributed by atoms with E-state index in [-0.39, 0.29) is 11.9 Å². The van der Waals surface area contributed by atoms with Gasteiger partial charge in [-0.2, -0.15) is 0 Å². The molecule has 1 saturated heterocycles. The number of quaternary nitrogens is 1. The Morgan fingerprint density at radius 2 is 1.77 bits per heavy atom. The molecule has 2 aromatic rings. The third-order valence-electron chi connectivity index (χ3n) is 4.97. The van der Waals surface area contributed by atoms with Gasteiger partial charge in [-0.3, -0.25) is 10.1 Å². The van der Waals surface area contributed by atoms with Crippen LogP contribution in [0.3, 0.4) is 0 Å².